The monoisotopic (exact) mass is 289 g/mol. The molecule has 2 N–H and O–H groups in total. The van der Waals surface area contributed by atoms with Crippen LogP contribution in [0.2, 0.25) is 0 Å². The number of hydrogen-bond donors (Lipinski definition) is 2. The largest absolute Gasteiger partial charge is 0.394 e. The number of hydrogen-bond acceptors (Lipinski definition) is 4. The van der Waals surface area contributed by atoms with Gasteiger partial charge in [-0.3, -0.25) is 0 Å². The molecule has 4 nitrogen and oxygen atoms in total. The fourth-order valence-corrected chi connectivity index (χ4v) is 3.22. The highest BCUT2D eigenvalue weighted by molar-refractivity contribution is 5.48. The quantitative estimate of drug-likeness (QED) is 0.874. The highest BCUT2D eigenvalue weighted by Gasteiger charge is 2.23. The smallest absolute Gasteiger partial charge is 0.131 e. The van der Waals surface area contributed by atoms with Gasteiger partial charge in [-0.15, -0.1) is 0 Å². The Kier molecular flexibility index (Phi) is 4.76. The molecule has 116 valence electrons. The number of anilines is 1. The van der Waals surface area contributed by atoms with E-state index in [4.69, 9.17) is 4.98 Å². The third-order valence-corrected chi connectivity index (χ3v) is 4.64. The first kappa shape index (κ1) is 14.8. The second kappa shape index (κ2) is 6.75. The van der Waals surface area contributed by atoms with Crippen molar-refractivity contribution < 1.29 is 5.11 Å². The van der Waals surface area contributed by atoms with E-state index in [1.54, 1.807) is 0 Å². The number of aromatic nitrogens is 1. The summed E-state index contributed by atoms with van der Waals surface area (Å²) in [6, 6.07) is 3.21. The molecular formula is C17H27N3O. The normalized spacial score (nSPS) is 23.1. The highest BCUT2D eigenvalue weighted by Crippen LogP contribution is 2.26. The summed E-state index contributed by atoms with van der Waals surface area (Å²) in [5, 5.41) is 13.2. The molecule has 0 aromatic carbocycles. The van der Waals surface area contributed by atoms with E-state index < -0.39 is 0 Å². The molecule has 4 heteroatoms. The van der Waals surface area contributed by atoms with Crippen molar-refractivity contribution in [3.8, 4) is 0 Å². The molecule has 21 heavy (non-hydrogen) atoms. The maximum absolute atomic E-state index is 9.67. The minimum absolute atomic E-state index is 0.228. The molecule has 0 amide bonds. The van der Waals surface area contributed by atoms with Gasteiger partial charge in [0.15, 0.2) is 0 Å². The summed E-state index contributed by atoms with van der Waals surface area (Å²) >= 11 is 0. The zero-order valence-electron chi connectivity index (χ0n) is 13.0. The van der Waals surface area contributed by atoms with Crippen LogP contribution in [0.25, 0.3) is 0 Å². The summed E-state index contributed by atoms with van der Waals surface area (Å²) in [7, 11) is 0. The maximum atomic E-state index is 9.67. The fourth-order valence-electron chi connectivity index (χ4n) is 3.22. The Bertz CT molecular complexity index is 473. The van der Waals surface area contributed by atoms with E-state index in [1.165, 1.54) is 43.2 Å². The minimum Gasteiger partial charge on any atom is -0.394 e. The third kappa shape index (κ3) is 3.74. The Morgan fingerprint density at radius 3 is 2.86 bits per heavy atom. The number of aryl methyl sites for hydroxylation is 1. The van der Waals surface area contributed by atoms with E-state index in [2.05, 4.69) is 23.2 Å². The van der Waals surface area contributed by atoms with Crippen LogP contribution >= 0.6 is 0 Å². The Hall–Kier alpha value is -1.13. The van der Waals surface area contributed by atoms with Gasteiger partial charge >= 0.3 is 0 Å². The summed E-state index contributed by atoms with van der Waals surface area (Å²) in [5.41, 5.74) is 2.49. The number of nitrogens with one attached hydrogen (secondary N) is 1. The number of rotatable bonds is 5. The van der Waals surface area contributed by atoms with E-state index in [0.717, 1.165) is 31.4 Å². The molecule has 1 unspecified atom stereocenters. The average molecular weight is 289 g/mol. The summed E-state index contributed by atoms with van der Waals surface area (Å²) in [5.74, 6) is 1.06. The summed E-state index contributed by atoms with van der Waals surface area (Å²) in [4.78, 5) is 7.03. The van der Waals surface area contributed by atoms with Gasteiger partial charge in [-0.25, -0.2) is 4.98 Å². The maximum Gasteiger partial charge on any atom is 0.131 e. The van der Waals surface area contributed by atoms with Gasteiger partial charge in [-0.2, -0.15) is 0 Å². The number of aliphatic hydroxyl groups excluding tert-OH is 1. The zero-order chi connectivity index (χ0) is 14.7. The van der Waals surface area contributed by atoms with Crippen LogP contribution in [0.5, 0.6) is 0 Å². The molecule has 1 saturated carbocycles. The molecule has 1 aromatic rings. The van der Waals surface area contributed by atoms with Crippen molar-refractivity contribution >= 4 is 5.82 Å². The predicted octanol–water partition coefficient (Wildman–Crippen LogP) is 2.38. The van der Waals surface area contributed by atoms with Gasteiger partial charge in [0.1, 0.15) is 5.82 Å². The van der Waals surface area contributed by atoms with Gasteiger partial charge < -0.3 is 15.3 Å². The van der Waals surface area contributed by atoms with Crippen molar-refractivity contribution in [2.45, 2.75) is 64.1 Å². The SMILES string of the molecule is Cc1cc(CNC2CC2)cnc1N1CCCCCC1CO. The van der Waals surface area contributed by atoms with Crippen molar-refractivity contribution in [3.63, 3.8) is 0 Å². The van der Waals surface area contributed by atoms with Crippen molar-refractivity contribution in [1.29, 1.82) is 0 Å². The Balaban J connectivity index is 1.73. The second-order valence-electron chi connectivity index (χ2n) is 6.52. The lowest BCUT2D eigenvalue weighted by molar-refractivity contribution is 0.254. The molecule has 1 aliphatic carbocycles. The van der Waals surface area contributed by atoms with Crippen molar-refractivity contribution in [1.82, 2.24) is 10.3 Å². The summed E-state index contributed by atoms with van der Waals surface area (Å²) < 4.78 is 0. The van der Waals surface area contributed by atoms with Crippen LogP contribution in [0, 0.1) is 6.92 Å². The molecule has 1 atom stereocenters. The molecule has 2 aliphatic rings. The summed E-state index contributed by atoms with van der Waals surface area (Å²) in [6.07, 6.45) is 9.37. The van der Waals surface area contributed by atoms with Crippen LogP contribution in [0.3, 0.4) is 0 Å². The van der Waals surface area contributed by atoms with Crippen LogP contribution in [0.4, 0.5) is 5.82 Å². The van der Waals surface area contributed by atoms with Gasteiger partial charge in [0.05, 0.1) is 12.6 Å². The average Bonchev–Trinajstić information content (AvgIpc) is 3.32. The van der Waals surface area contributed by atoms with Crippen LogP contribution in [0.1, 0.15) is 49.7 Å². The topological polar surface area (TPSA) is 48.4 Å². The lowest BCUT2D eigenvalue weighted by Gasteiger charge is -2.31. The number of pyridine rings is 1. The predicted molar refractivity (Wildman–Crippen MR) is 85.5 cm³/mol. The van der Waals surface area contributed by atoms with Gasteiger partial charge in [0.2, 0.25) is 0 Å². The Labute approximate surface area is 127 Å². The molecule has 3 rings (SSSR count). The third-order valence-electron chi connectivity index (χ3n) is 4.64. The number of aliphatic hydroxyl groups is 1. The molecule has 0 radical (unpaired) electrons. The first-order valence-corrected chi connectivity index (χ1v) is 8.34. The van der Waals surface area contributed by atoms with Gasteiger partial charge in [0.25, 0.3) is 0 Å². The molecule has 2 fully saturated rings. The Morgan fingerprint density at radius 2 is 2.14 bits per heavy atom. The Morgan fingerprint density at radius 1 is 1.29 bits per heavy atom. The van der Waals surface area contributed by atoms with Crippen molar-refractivity contribution in [2.24, 2.45) is 0 Å². The molecule has 0 spiro atoms. The molecule has 1 aliphatic heterocycles. The highest BCUT2D eigenvalue weighted by atomic mass is 16.3. The molecule has 2 heterocycles. The van der Waals surface area contributed by atoms with Gasteiger partial charge in [-0.1, -0.05) is 12.8 Å². The lowest BCUT2D eigenvalue weighted by Crippen LogP contribution is -2.38. The van der Waals surface area contributed by atoms with E-state index in [9.17, 15) is 5.11 Å². The van der Waals surface area contributed by atoms with Crippen LogP contribution in [-0.4, -0.2) is 35.3 Å². The van der Waals surface area contributed by atoms with Gasteiger partial charge in [0, 0.05) is 25.3 Å². The van der Waals surface area contributed by atoms with Gasteiger partial charge in [-0.05, 0) is 49.8 Å². The van der Waals surface area contributed by atoms with E-state index in [-0.39, 0.29) is 12.6 Å². The molecular weight excluding hydrogens is 262 g/mol. The fraction of sp³-hybridized carbons (Fsp3) is 0.706. The summed E-state index contributed by atoms with van der Waals surface area (Å²) in [6.45, 7) is 4.30. The van der Waals surface area contributed by atoms with E-state index >= 15 is 0 Å². The zero-order valence-corrected chi connectivity index (χ0v) is 13.0. The minimum atomic E-state index is 0.228. The van der Waals surface area contributed by atoms with Crippen LogP contribution < -0.4 is 10.2 Å². The standard InChI is InChI=1S/C17H27N3O/c1-13-9-14(10-18-15-6-7-15)11-19-17(13)20-8-4-2-3-5-16(20)12-21/h9,11,15-16,18,21H,2-8,10,12H2,1H3. The lowest BCUT2D eigenvalue weighted by atomic mass is 10.1. The van der Waals surface area contributed by atoms with E-state index in [0.29, 0.717) is 0 Å². The molecule has 0 bridgehead atoms. The van der Waals surface area contributed by atoms with Crippen LogP contribution in [0.15, 0.2) is 12.3 Å². The second-order valence-corrected chi connectivity index (χ2v) is 6.52. The van der Waals surface area contributed by atoms with Crippen molar-refractivity contribution in [2.75, 3.05) is 18.1 Å². The number of nitrogens with zero attached hydrogens (tertiary/aromatic N) is 2. The molecule has 1 saturated heterocycles. The van der Waals surface area contributed by atoms with E-state index in [1.807, 2.05) is 6.20 Å². The first-order valence-electron chi connectivity index (χ1n) is 8.34. The first-order chi connectivity index (χ1) is 10.3. The molecule has 1 aromatic heterocycles. The van der Waals surface area contributed by atoms with Crippen LogP contribution in [-0.2, 0) is 6.54 Å². The van der Waals surface area contributed by atoms with Crippen molar-refractivity contribution in [3.05, 3.63) is 23.4 Å².